The minimum Gasteiger partial charge on any atom is -0.472 e. The molecule has 7 atom stereocenters. The molecule has 3 aliphatic rings. The van der Waals surface area contributed by atoms with Crippen molar-refractivity contribution in [2.45, 2.75) is 97.9 Å². The van der Waals surface area contributed by atoms with Crippen LogP contribution in [-0.4, -0.2) is 48.8 Å². The number of fused-ring (bicyclic) bond motifs is 1. The van der Waals surface area contributed by atoms with Gasteiger partial charge in [0.15, 0.2) is 12.2 Å². The maximum absolute atomic E-state index is 13.6. The van der Waals surface area contributed by atoms with Crippen LogP contribution in [0.1, 0.15) is 85.6 Å². The third kappa shape index (κ3) is 6.36. The summed E-state index contributed by atoms with van der Waals surface area (Å²) in [5.41, 5.74) is 1.86. The van der Waals surface area contributed by atoms with Gasteiger partial charge >= 0.3 is 23.9 Å². The lowest BCUT2D eigenvalue weighted by atomic mass is 9.62. The fraction of sp³-hybridized carbons (Fsp3) is 0.588. The van der Waals surface area contributed by atoms with Crippen molar-refractivity contribution in [1.82, 2.24) is 0 Å². The summed E-state index contributed by atoms with van der Waals surface area (Å²) in [4.78, 5) is 51.3. The first-order chi connectivity index (χ1) is 20.2. The number of hydrogen-bond acceptors (Lipinski definition) is 9. The number of allylic oxidation sites excluding steroid dienone is 2. The van der Waals surface area contributed by atoms with Crippen LogP contribution in [0.5, 0.6) is 0 Å². The summed E-state index contributed by atoms with van der Waals surface area (Å²) in [6, 6.07) is 1.90. The molecule has 0 radical (unpaired) electrons. The molecule has 2 heterocycles. The highest BCUT2D eigenvalue weighted by atomic mass is 16.6. The van der Waals surface area contributed by atoms with Gasteiger partial charge < -0.3 is 23.4 Å². The second kappa shape index (κ2) is 12.5. The highest BCUT2D eigenvalue weighted by Crippen LogP contribution is 2.59. The lowest BCUT2D eigenvalue weighted by Gasteiger charge is -2.47. The molecule has 4 rings (SSSR count). The van der Waals surface area contributed by atoms with Gasteiger partial charge in [-0.25, -0.2) is 0 Å². The van der Waals surface area contributed by atoms with Gasteiger partial charge in [-0.3, -0.25) is 19.2 Å². The standard InChI is InChI=1S/C34H44O9/c1-9-19(2)31(37)42-30-28(41-21(4)35)16-23(26-11-10-25(34(26,30)7)22-12-13-40-18-22)15-24-14-20(3)27(17-29(36)39-8)33(5,6)43-32(24)38/h11-14,16,18-19,24-25,27-28,30H,9-10,15,17H2,1-8H3. The number of carbonyl (C=O) groups excluding carboxylic acids is 4. The quantitative estimate of drug-likeness (QED) is 0.192. The Morgan fingerprint density at radius 2 is 1.86 bits per heavy atom. The zero-order chi connectivity index (χ0) is 31.7. The molecule has 9 nitrogen and oxygen atoms in total. The van der Waals surface area contributed by atoms with Crippen molar-refractivity contribution >= 4 is 23.9 Å². The van der Waals surface area contributed by atoms with Crippen molar-refractivity contribution in [3.63, 3.8) is 0 Å². The lowest BCUT2D eigenvalue weighted by molar-refractivity contribution is -0.176. The number of furan rings is 1. The Labute approximate surface area is 253 Å². The predicted molar refractivity (Wildman–Crippen MR) is 157 cm³/mol. The fourth-order valence-electron chi connectivity index (χ4n) is 6.94. The summed E-state index contributed by atoms with van der Waals surface area (Å²) in [6.07, 6.45) is 9.08. The first-order valence-electron chi connectivity index (χ1n) is 15.0. The van der Waals surface area contributed by atoms with Crippen molar-refractivity contribution in [2.75, 3.05) is 7.11 Å². The van der Waals surface area contributed by atoms with Crippen LogP contribution in [0.3, 0.4) is 0 Å². The summed E-state index contributed by atoms with van der Waals surface area (Å²) in [5.74, 6) is -3.10. The number of esters is 4. The molecule has 234 valence electrons. The van der Waals surface area contributed by atoms with Gasteiger partial charge in [-0.05, 0) is 68.9 Å². The molecule has 1 aliphatic heterocycles. The van der Waals surface area contributed by atoms with Gasteiger partial charge in [0, 0.05) is 24.2 Å². The summed E-state index contributed by atoms with van der Waals surface area (Å²) in [7, 11) is 1.34. The van der Waals surface area contributed by atoms with Gasteiger partial charge in [0.1, 0.15) is 5.60 Å². The SMILES string of the molecule is CCC(C)C(=O)OC1C(OC(C)=O)C=C(CC2C=C(C)C(CC(=O)OC)C(C)(C)OC2=O)C2=CCC(c3ccoc3)C21C. The molecule has 7 unspecified atom stereocenters. The van der Waals surface area contributed by atoms with Crippen molar-refractivity contribution in [2.24, 2.45) is 23.2 Å². The van der Waals surface area contributed by atoms with Crippen LogP contribution in [0.4, 0.5) is 0 Å². The Hall–Kier alpha value is -3.62. The number of cyclic esters (lactones) is 1. The van der Waals surface area contributed by atoms with Crippen LogP contribution >= 0.6 is 0 Å². The fourth-order valence-corrected chi connectivity index (χ4v) is 6.94. The van der Waals surface area contributed by atoms with Crippen molar-refractivity contribution in [3.05, 3.63) is 59.1 Å². The van der Waals surface area contributed by atoms with Crippen LogP contribution in [0.2, 0.25) is 0 Å². The van der Waals surface area contributed by atoms with Gasteiger partial charge in [-0.15, -0.1) is 0 Å². The number of hydrogen-bond donors (Lipinski definition) is 0. The predicted octanol–water partition coefficient (Wildman–Crippen LogP) is 6.00. The van der Waals surface area contributed by atoms with E-state index in [1.54, 1.807) is 26.4 Å². The highest BCUT2D eigenvalue weighted by molar-refractivity contribution is 5.78. The average molecular weight is 597 g/mol. The van der Waals surface area contributed by atoms with Crippen LogP contribution in [0.25, 0.3) is 0 Å². The average Bonchev–Trinajstić information content (AvgIpc) is 3.58. The van der Waals surface area contributed by atoms with Crippen molar-refractivity contribution < 1.29 is 42.5 Å². The molecule has 0 amide bonds. The third-order valence-electron chi connectivity index (χ3n) is 9.53. The zero-order valence-corrected chi connectivity index (χ0v) is 26.4. The molecule has 2 aliphatic carbocycles. The Bertz CT molecular complexity index is 1330. The molecule has 43 heavy (non-hydrogen) atoms. The zero-order valence-electron chi connectivity index (χ0n) is 26.4. The molecule has 0 saturated carbocycles. The second-order valence-corrected chi connectivity index (χ2v) is 12.8. The maximum atomic E-state index is 13.6. The largest absolute Gasteiger partial charge is 0.472 e. The van der Waals surface area contributed by atoms with E-state index in [4.69, 9.17) is 23.4 Å². The first kappa shape index (κ1) is 32.3. The summed E-state index contributed by atoms with van der Waals surface area (Å²) in [5, 5.41) is 0. The van der Waals surface area contributed by atoms with Crippen LogP contribution in [0, 0.1) is 23.2 Å². The van der Waals surface area contributed by atoms with E-state index in [0.29, 0.717) is 12.8 Å². The van der Waals surface area contributed by atoms with Crippen LogP contribution in [0.15, 0.2) is 58.0 Å². The minimum atomic E-state index is -0.926. The number of rotatable bonds is 9. The molecule has 0 saturated heterocycles. The van der Waals surface area contributed by atoms with Crippen LogP contribution < -0.4 is 0 Å². The van der Waals surface area contributed by atoms with Crippen molar-refractivity contribution in [3.8, 4) is 0 Å². The van der Waals surface area contributed by atoms with E-state index < -0.39 is 41.1 Å². The van der Waals surface area contributed by atoms with Gasteiger partial charge in [0.05, 0.1) is 37.9 Å². The Morgan fingerprint density at radius 1 is 1.14 bits per heavy atom. The molecular formula is C34H44O9. The van der Waals surface area contributed by atoms with Gasteiger partial charge in [0.2, 0.25) is 0 Å². The van der Waals surface area contributed by atoms with E-state index in [-0.39, 0.29) is 42.5 Å². The molecule has 9 heteroatoms. The van der Waals surface area contributed by atoms with E-state index in [1.165, 1.54) is 14.0 Å². The second-order valence-electron chi connectivity index (χ2n) is 12.8. The van der Waals surface area contributed by atoms with Gasteiger partial charge in [-0.2, -0.15) is 0 Å². The molecule has 0 bridgehead atoms. The van der Waals surface area contributed by atoms with E-state index in [0.717, 1.165) is 22.3 Å². The summed E-state index contributed by atoms with van der Waals surface area (Å²) < 4.78 is 28.4. The van der Waals surface area contributed by atoms with E-state index in [9.17, 15) is 19.2 Å². The monoisotopic (exact) mass is 596 g/mol. The normalized spacial score (nSPS) is 30.5. The molecule has 0 aromatic carbocycles. The van der Waals surface area contributed by atoms with E-state index in [1.807, 2.05) is 45.9 Å². The van der Waals surface area contributed by atoms with E-state index >= 15 is 0 Å². The molecule has 0 spiro atoms. The van der Waals surface area contributed by atoms with Crippen LogP contribution in [-0.2, 0) is 38.1 Å². The molecule has 1 aromatic rings. The van der Waals surface area contributed by atoms with Crippen molar-refractivity contribution in [1.29, 1.82) is 0 Å². The smallest absolute Gasteiger partial charge is 0.313 e. The molecule has 1 aromatic heterocycles. The molecular weight excluding hydrogens is 552 g/mol. The summed E-state index contributed by atoms with van der Waals surface area (Å²) >= 11 is 0. The lowest BCUT2D eigenvalue weighted by Crippen LogP contribution is -2.51. The molecule has 0 N–H and O–H groups in total. The number of carbonyl (C=O) groups is 4. The minimum absolute atomic E-state index is 0.0852. The Balaban J connectivity index is 1.78. The van der Waals surface area contributed by atoms with Gasteiger partial charge in [0.25, 0.3) is 0 Å². The topological polar surface area (TPSA) is 118 Å². The number of methoxy groups -OCH3 is 1. The molecule has 0 fully saturated rings. The maximum Gasteiger partial charge on any atom is 0.313 e. The Morgan fingerprint density at radius 3 is 2.47 bits per heavy atom. The van der Waals surface area contributed by atoms with Gasteiger partial charge in [-0.1, -0.05) is 38.5 Å². The first-order valence-corrected chi connectivity index (χ1v) is 15.0. The highest BCUT2D eigenvalue weighted by Gasteiger charge is 2.57. The van der Waals surface area contributed by atoms with E-state index in [2.05, 4.69) is 6.08 Å². The number of ether oxygens (including phenoxy) is 4. The Kier molecular flexibility index (Phi) is 9.42. The third-order valence-corrected chi connectivity index (χ3v) is 9.53. The summed E-state index contributed by atoms with van der Waals surface area (Å²) in [6.45, 7) is 12.6.